The maximum absolute atomic E-state index is 11.0. The van der Waals surface area contributed by atoms with Crippen molar-refractivity contribution in [3.8, 4) is 11.5 Å². The predicted molar refractivity (Wildman–Crippen MR) is 186 cm³/mol. The van der Waals surface area contributed by atoms with Crippen molar-refractivity contribution in [1.82, 2.24) is 0 Å². The number of halogens is 1. The van der Waals surface area contributed by atoms with Crippen LogP contribution in [0.3, 0.4) is 0 Å². The Bertz CT molecular complexity index is 862. The van der Waals surface area contributed by atoms with Gasteiger partial charge < -0.3 is 9.47 Å². The van der Waals surface area contributed by atoms with E-state index in [1.54, 1.807) is 14.2 Å². The zero-order valence-corrected chi connectivity index (χ0v) is 30.3. The number of methoxy groups -OCH3 is 2. The van der Waals surface area contributed by atoms with E-state index in [-0.39, 0.29) is 5.91 Å². The molecule has 0 saturated heterocycles. The van der Waals surface area contributed by atoms with Crippen LogP contribution >= 0.6 is 20.8 Å². The third-order valence-electron chi connectivity index (χ3n) is 11.0. The van der Waals surface area contributed by atoms with Crippen molar-refractivity contribution < 1.29 is 19.3 Å². The molecule has 3 saturated carbocycles. The van der Waals surface area contributed by atoms with Crippen molar-refractivity contribution >= 4 is 35.6 Å². The van der Waals surface area contributed by atoms with Gasteiger partial charge in [0.15, 0.2) is 0 Å². The first kappa shape index (κ1) is 34.7. The average Bonchev–Trinajstić information content (AvgIpc) is 3.05. The summed E-state index contributed by atoms with van der Waals surface area (Å²) in [5.74, 6) is 1.49. The molecule has 0 aromatic heterocycles. The molecule has 4 nitrogen and oxygen atoms in total. The first-order chi connectivity index (χ1) is 20.5. The predicted octanol–water partition coefficient (Wildman–Crippen LogP) is 10.3. The summed E-state index contributed by atoms with van der Waals surface area (Å²) in [4.78, 5) is 0. The van der Waals surface area contributed by atoms with Crippen molar-refractivity contribution in [2.75, 3.05) is 20.8 Å². The Kier molecular flexibility index (Phi) is 14.5. The number of phenolic OH excluding ortho intramolecular Hbond substituents is 1. The number of ether oxygens (including phenoxy) is 3. The third-order valence-corrected chi connectivity index (χ3v) is 26.1. The number of phenols is 1. The second-order valence-corrected chi connectivity index (χ2v) is 24.7. The van der Waals surface area contributed by atoms with Crippen molar-refractivity contribution in [3.63, 3.8) is 0 Å². The van der Waals surface area contributed by atoms with Gasteiger partial charge >= 0.3 is 240 Å². The van der Waals surface area contributed by atoms with E-state index in [2.05, 4.69) is 12.1 Å². The zero-order valence-electron chi connectivity index (χ0n) is 26.8. The second kappa shape index (κ2) is 17.5. The van der Waals surface area contributed by atoms with Crippen LogP contribution in [-0.2, 0) is 9.47 Å². The van der Waals surface area contributed by atoms with E-state index in [1.165, 1.54) is 140 Å². The maximum atomic E-state index is 11.0. The topological polar surface area (TPSA) is 47.9 Å². The molecule has 0 heterocycles. The molecular weight excluding hydrogens is 623 g/mol. The molecule has 0 spiro atoms. The van der Waals surface area contributed by atoms with E-state index in [4.69, 9.17) is 29.7 Å². The molecule has 0 bridgehead atoms. The Balaban J connectivity index is 1.47. The Morgan fingerprint density at radius 3 is 1.71 bits per heavy atom. The molecule has 4 rings (SSSR count). The van der Waals surface area contributed by atoms with Gasteiger partial charge in [0.1, 0.15) is 5.91 Å². The van der Waals surface area contributed by atoms with E-state index in [9.17, 15) is 5.11 Å². The summed E-state index contributed by atoms with van der Waals surface area (Å²) in [6, 6.07) is 7.41. The van der Waals surface area contributed by atoms with Crippen LogP contribution in [0.2, 0.25) is 6.04 Å². The van der Waals surface area contributed by atoms with Gasteiger partial charge in [0, 0.05) is 14.2 Å². The summed E-state index contributed by atoms with van der Waals surface area (Å²) in [5, 5.41) is 9.79. The molecular formula is C35H60BrO4PSi. The molecule has 0 amide bonds. The summed E-state index contributed by atoms with van der Waals surface area (Å²) >= 11 is 4.98. The van der Waals surface area contributed by atoms with Crippen molar-refractivity contribution in [1.29, 1.82) is 0 Å². The van der Waals surface area contributed by atoms with Crippen LogP contribution in [0.25, 0.3) is 0 Å². The normalized spacial score (nSPS) is 20.9. The number of rotatable bonds is 17. The molecule has 3 aliphatic carbocycles. The molecule has 1 aromatic carbocycles. The van der Waals surface area contributed by atoms with Gasteiger partial charge in [-0.15, -0.1) is 0 Å². The molecule has 2 radical (unpaired) electrons. The van der Waals surface area contributed by atoms with Gasteiger partial charge in [-0.1, -0.05) is 0 Å². The van der Waals surface area contributed by atoms with Gasteiger partial charge in [0.05, 0.1) is 0 Å². The number of hydrogen-bond donors (Lipinski definition) is 1. The fraction of sp³-hybridized carbons (Fsp3) is 0.829. The molecule has 3 fully saturated rings. The third kappa shape index (κ3) is 8.17. The number of benzene rings is 1. The molecule has 1 aromatic rings. The first-order valence-electron chi connectivity index (χ1n) is 17.5. The van der Waals surface area contributed by atoms with E-state index in [0.29, 0.717) is 5.75 Å². The van der Waals surface area contributed by atoms with Crippen molar-refractivity contribution in [3.05, 3.63) is 18.2 Å². The Morgan fingerprint density at radius 2 is 1.21 bits per heavy atom. The van der Waals surface area contributed by atoms with Gasteiger partial charge in [-0.05, 0) is 0 Å². The Morgan fingerprint density at radius 1 is 0.738 bits per heavy atom. The minimum absolute atomic E-state index is 0.0263. The van der Waals surface area contributed by atoms with Gasteiger partial charge in [-0.25, -0.2) is 0 Å². The zero-order chi connectivity index (χ0) is 29.7. The number of hydrogen-bond acceptors (Lipinski definition) is 4. The van der Waals surface area contributed by atoms with Gasteiger partial charge in [0.2, 0.25) is 0 Å². The molecule has 240 valence electrons. The molecule has 0 unspecified atom stereocenters. The van der Waals surface area contributed by atoms with E-state index in [0.717, 1.165) is 45.3 Å². The van der Waals surface area contributed by atoms with Crippen LogP contribution in [0, 0.1) is 0 Å². The number of unbranched alkanes of at least 4 members (excludes halogenated alkanes) is 5. The van der Waals surface area contributed by atoms with E-state index < -0.39 is 5.31 Å². The fourth-order valence-corrected chi connectivity index (χ4v) is 22.7. The summed E-state index contributed by atoms with van der Waals surface area (Å²) in [5.41, 5.74) is 2.18. The summed E-state index contributed by atoms with van der Waals surface area (Å²) in [7, 11) is 4.19. The average molecular weight is 684 g/mol. The molecule has 0 atom stereocenters. The van der Waals surface area contributed by atoms with Crippen LogP contribution in [0.4, 0.5) is 0 Å². The van der Waals surface area contributed by atoms with Gasteiger partial charge in [-0.3, -0.25) is 0 Å². The summed E-state index contributed by atoms with van der Waals surface area (Å²) < 4.78 is 17.4. The van der Waals surface area contributed by atoms with Crippen molar-refractivity contribution in [2.24, 2.45) is 0 Å². The molecule has 3 aliphatic rings. The standard InChI is InChI=1S/C35H60BrO4PSi/c1-38-35(39-2)42-27-17-6-4-3-5-16-26-40-33-25-24-29(37)28-34(33)41(36,30-18-10-7-11-19-30,31-20-12-8-13-21-31)32-22-14-9-15-23-32/h24-25,28,30-32,35,37H,3-23,26-27H2,1-2H3. The minimum atomic E-state index is -2.67. The van der Waals surface area contributed by atoms with E-state index in [1.807, 2.05) is 6.07 Å². The first-order valence-corrected chi connectivity index (χ1v) is 23.2. The summed E-state index contributed by atoms with van der Waals surface area (Å²) in [6.07, 6.45) is 27.9. The SMILES string of the molecule is COC(OC)[Si]CCCCCCCCOc1ccc(O)cc1P(Br)(C1CCCCC1)(C1CCCCC1)C1CCCCC1. The van der Waals surface area contributed by atoms with Gasteiger partial charge in [-0.2, -0.15) is 0 Å². The van der Waals surface area contributed by atoms with Gasteiger partial charge in [0.25, 0.3) is 0 Å². The molecule has 0 aliphatic heterocycles. The molecule has 1 N–H and O–H groups in total. The van der Waals surface area contributed by atoms with E-state index >= 15 is 0 Å². The Hall–Kier alpha value is -0.133. The summed E-state index contributed by atoms with van der Waals surface area (Å²) in [6.45, 7) is 0.780. The molecule has 7 heteroatoms. The van der Waals surface area contributed by atoms with Crippen molar-refractivity contribution in [2.45, 2.75) is 164 Å². The van der Waals surface area contributed by atoms with Crippen LogP contribution in [-0.4, -0.2) is 58.3 Å². The second-order valence-electron chi connectivity index (χ2n) is 13.5. The van der Waals surface area contributed by atoms with Crippen LogP contribution in [0.1, 0.15) is 135 Å². The fourth-order valence-electron chi connectivity index (χ4n) is 8.90. The number of aromatic hydroxyl groups is 1. The Labute approximate surface area is 268 Å². The quantitative estimate of drug-likeness (QED) is 0.0769. The van der Waals surface area contributed by atoms with Crippen LogP contribution in [0.5, 0.6) is 11.5 Å². The van der Waals surface area contributed by atoms with Crippen LogP contribution < -0.4 is 10.0 Å². The van der Waals surface area contributed by atoms with Crippen LogP contribution in [0.15, 0.2) is 18.2 Å². The molecule has 42 heavy (non-hydrogen) atoms. The monoisotopic (exact) mass is 682 g/mol.